The van der Waals surface area contributed by atoms with Crippen molar-refractivity contribution in [2.24, 2.45) is 0 Å². The van der Waals surface area contributed by atoms with Crippen LogP contribution in [-0.2, 0) is 6.42 Å². The maximum absolute atomic E-state index is 12.1. The third-order valence-corrected chi connectivity index (χ3v) is 3.33. The van der Waals surface area contributed by atoms with Gasteiger partial charge < -0.3 is 19.2 Å². The van der Waals surface area contributed by atoms with E-state index in [1.165, 1.54) is 12.5 Å². The van der Waals surface area contributed by atoms with Gasteiger partial charge in [-0.15, -0.1) is 0 Å². The van der Waals surface area contributed by atoms with Crippen molar-refractivity contribution in [3.05, 3.63) is 41.9 Å². The van der Waals surface area contributed by atoms with E-state index in [1.54, 1.807) is 6.07 Å². The van der Waals surface area contributed by atoms with Crippen LogP contribution in [0.25, 0.3) is 0 Å². The van der Waals surface area contributed by atoms with E-state index in [2.05, 4.69) is 5.32 Å². The first-order valence-electron chi connectivity index (χ1n) is 6.97. The largest absolute Gasteiger partial charge is 0.492 e. The zero-order chi connectivity index (χ0) is 14.8. The molecule has 21 heavy (non-hydrogen) atoms. The second-order valence-electron chi connectivity index (χ2n) is 4.99. The molecule has 0 saturated heterocycles. The molecule has 0 spiro atoms. The predicted molar refractivity (Wildman–Crippen MR) is 78.1 cm³/mol. The summed E-state index contributed by atoms with van der Waals surface area (Å²) in [6, 6.07) is 5.37. The molecule has 1 unspecified atom stereocenters. The summed E-state index contributed by atoms with van der Waals surface area (Å²) in [6.45, 7) is 4.46. The van der Waals surface area contributed by atoms with Crippen LogP contribution in [0.5, 0.6) is 11.5 Å². The van der Waals surface area contributed by atoms with Crippen LogP contribution in [0.2, 0.25) is 0 Å². The first kappa shape index (κ1) is 13.5. The first-order valence-corrected chi connectivity index (χ1v) is 6.97. The highest BCUT2D eigenvalue weighted by Crippen LogP contribution is 2.38. The minimum absolute atomic E-state index is 0.148. The molecule has 2 heterocycles. The van der Waals surface area contributed by atoms with Gasteiger partial charge in [0.2, 0.25) is 0 Å². The van der Waals surface area contributed by atoms with Crippen molar-refractivity contribution >= 4 is 11.6 Å². The molecule has 1 amide bonds. The minimum Gasteiger partial charge on any atom is -0.492 e. The molecule has 1 aromatic carbocycles. The van der Waals surface area contributed by atoms with E-state index >= 15 is 0 Å². The van der Waals surface area contributed by atoms with E-state index in [0.29, 0.717) is 23.6 Å². The van der Waals surface area contributed by atoms with Crippen molar-refractivity contribution < 1.29 is 18.7 Å². The SMILES string of the molecule is CCOc1cc2c(cc1NC(=O)c1ccoc1)OC(C)C2. The fraction of sp³-hybridized carbons (Fsp3) is 0.312. The zero-order valence-corrected chi connectivity index (χ0v) is 12.0. The summed E-state index contributed by atoms with van der Waals surface area (Å²) in [5.74, 6) is 1.22. The molecule has 2 aromatic rings. The second kappa shape index (κ2) is 5.52. The number of hydrogen-bond acceptors (Lipinski definition) is 4. The van der Waals surface area contributed by atoms with Gasteiger partial charge in [-0.25, -0.2) is 0 Å². The number of furan rings is 1. The van der Waals surface area contributed by atoms with Gasteiger partial charge in [-0.1, -0.05) is 0 Å². The highest BCUT2D eigenvalue weighted by molar-refractivity contribution is 6.05. The van der Waals surface area contributed by atoms with Gasteiger partial charge in [0.05, 0.1) is 24.1 Å². The van der Waals surface area contributed by atoms with E-state index in [-0.39, 0.29) is 12.0 Å². The summed E-state index contributed by atoms with van der Waals surface area (Å²) in [5.41, 5.74) is 2.18. The molecule has 1 aliphatic heterocycles. The van der Waals surface area contributed by atoms with Crippen molar-refractivity contribution in [3.63, 3.8) is 0 Å². The maximum atomic E-state index is 12.1. The Morgan fingerprint density at radius 3 is 3.05 bits per heavy atom. The molecule has 0 saturated carbocycles. The highest BCUT2D eigenvalue weighted by atomic mass is 16.5. The normalized spacial score (nSPS) is 16.2. The number of rotatable bonds is 4. The van der Waals surface area contributed by atoms with Crippen LogP contribution >= 0.6 is 0 Å². The Morgan fingerprint density at radius 2 is 2.33 bits per heavy atom. The van der Waals surface area contributed by atoms with Gasteiger partial charge in [-0.3, -0.25) is 4.79 Å². The van der Waals surface area contributed by atoms with Gasteiger partial charge in [-0.2, -0.15) is 0 Å². The van der Waals surface area contributed by atoms with Crippen LogP contribution in [0.1, 0.15) is 29.8 Å². The number of nitrogens with one attached hydrogen (secondary N) is 1. The molecule has 1 aromatic heterocycles. The number of ether oxygens (including phenoxy) is 2. The van der Waals surface area contributed by atoms with Crippen molar-refractivity contribution in [1.29, 1.82) is 0 Å². The van der Waals surface area contributed by atoms with Gasteiger partial charge in [0.1, 0.15) is 23.9 Å². The molecule has 3 rings (SSSR count). The Kier molecular flexibility index (Phi) is 3.56. The van der Waals surface area contributed by atoms with Gasteiger partial charge in [-0.05, 0) is 26.0 Å². The average molecular weight is 287 g/mol. The Labute approximate surface area is 122 Å². The molecule has 0 radical (unpaired) electrons. The molecule has 5 nitrogen and oxygen atoms in total. The van der Waals surface area contributed by atoms with Crippen molar-refractivity contribution in [2.75, 3.05) is 11.9 Å². The van der Waals surface area contributed by atoms with Crippen LogP contribution in [0.15, 0.2) is 35.1 Å². The van der Waals surface area contributed by atoms with Crippen LogP contribution in [-0.4, -0.2) is 18.6 Å². The summed E-state index contributed by atoms with van der Waals surface area (Å²) in [7, 11) is 0. The van der Waals surface area contributed by atoms with E-state index in [1.807, 2.05) is 26.0 Å². The first-order chi connectivity index (χ1) is 10.2. The summed E-state index contributed by atoms with van der Waals surface area (Å²) < 4.78 is 16.3. The molecule has 0 bridgehead atoms. The monoisotopic (exact) mass is 287 g/mol. The number of carbonyl (C=O) groups excluding carboxylic acids is 1. The van der Waals surface area contributed by atoms with E-state index < -0.39 is 0 Å². The van der Waals surface area contributed by atoms with Crippen LogP contribution < -0.4 is 14.8 Å². The molecule has 5 heteroatoms. The van der Waals surface area contributed by atoms with Gasteiger partial charge >= 0.3 is 0 Å². The number of fused-ring (bicyclic) bond motifs is 1. The Hall–Kier alpha value is -2.43. The number of benzene rings is 1. The average Bonchev–Trinajstić information content (AvgIpc) is 3.07. The number of anilines is 1. The van der Waals surface area contributed by atoms with Crippen LogP contribution in [0.4, 0.5) is 5.69 Å². The number of hydrogen-bond donors (Lipinski definition) is 1. The predicted octanol–water partition coefficient (Wildman–Crippen LogP) is 3.25. The van der Waals surface area contributed by atoms with Crippen LogP contribution in [0, 0.1) is 0 Å². The summed E-state index contributed by atoms with van der Waals surface area (Å²) >= 11 is 0. The molecule has 0 aliphatic carbocycles. The van der Waals surface area contributed by atoms with Gasteiger partial charge in [0.25, 0.3) is 5.91 Å². The third-order valence-electron chi connectivity index (χ3n) is 3.33. The molecule has 1 atom stereocenters. The molecule has 1 aliphatic rings. The quantitative estimate of drug-likeness (QED) is 0.937. The molecule has 110 valence electrons. The second-order valence-corrected chi connectivity index (χ2v) is 4.99. The van der Waals surface area contributed by atoms with Crippen molar-refractivity contribution in [3.8, 4) is 11.5 Å². The summed E-state index contributed by atoms with van der Waals surface area (Å²) in [5, 5.41) is 2.84. The third kappa shape index (κ3) is 2.72. The van der Waals surface area contributed by atoms with Gasteiger partial charge in [0, 0.05) is 18.1 Å². The van der Waals surface area contributed by atoms with Crippen LogP contribution in [0.3, 0.4) is 0 Å². The Balaban J connectivity index is 1.90. The lowest BCUT2D eigenvalue weighted by molar-refractivity contribution is 0.102. The molecular formula is C16H17NO4. The minimum atomic E-state index is -0.240. The standard InChI is InChI=1S/C16H17NO4/c1-3-20-15-7-12-6-10(2)21-14(12)8-13(15)17-16(18)11-4-5-19-9-11/h4-5,7-10H,3,6H2,1-2H3,(H,17,18). The van der Waals surface area contributed by atoms with E-state index in [9.17, 15) is 4.79 Å². The lowest BCUT2D eigenvalue weighted by atomic mass is 10.1. The molecule has 0 fully saturated rings. The van der Waals surface area contributed by atoms with E-state index in [4.69, 9.17) is 13.9 Å². The molecule has 1 N–H and O–H groups in total. The Morgan fingerprint density at radius 1 is 1.48 bits per heavy atom. The molecular weight excluding hydrogens is 270 g/mol. The number of amides is 1. The maximum Gasteiger partial charge on any atom is 0.259 e. The number of carbonyl (C=O) groups is 1. The van der Waals surface area contributed by atoms with E-state index in [0.717, 1.165) is 17.7 Å². The lowest BCUT2D eigenvalue weighted by Gasteiger charge is -2.13. The smallest absolute Gasteiger partial charge is 0.259 e. The lowest BCUT2D eigenvalue weighted by Crippen LogP contribution is -2.12. The fourth-order valence-electron chi connectivity index (χ4n) is 2.40. The van der Waals surface area contributed by atoms with Crippen molar-refractivity contribution in [2.45, 2.75) is 26.4 Å². The topological polar surface area (TPSA) is 60.7 Å². The Bertz CT molecular complexity index is 649. The fourth-order valence-corrected chi connectivity index (χ4v) is 2.40. The highest BCUT2D eigenvalue weighted by Gasteiger charge is 2.22. The van der Waals surface area contributed by atoms with Crippen molar-refractivity contribution in [1.82, 2.24) is 0 Å². The summed E-state index contributed by atoms with van der Waals surface area (Å²) in [6.07, 6.45) is 3.87. The zero-order valence-electron chi connectivity index (χ0n) is 12.0. The van der Waals surface area contributed by atoms with Gasteiger partial charge in [0.15, 0.2) is 0 Å². The summed E-state index contributed by atoms with van der Waals surface area (Å²) in [4.78, 5) is 12.1.